The minimum atomic E-state index is 0.0884. The minimum absolute atomic E-state index is 0.0884. The van der Waals surface area contributed by atoms with Crippen LogP contribution in [0.3, 0.4) is 0 Å². The number of likely N-dealkylation sites (tertiary alicyclic amines) is 1. The molecule has 0 saturated carbocycles. The zero-order chi connectivity index (χ0) is 17.6. The van der Waals surface area contributed by atoms with Gasteiger partial charge in [-0.05, 0) is 42.4 Å². The van der Waals surface area contributed by atoms with Gasteiger partial charge in [0.1, 0.15) is 0 Å². The van der Waals surface area contributed by atoms with Crippen LogP contribution in [0.15, 0.2) is 54.6 Å². The fraction of sp³-hybridized carbons (Fsp3) is 0.409. The minimum Gasteiger partial charge on any atom is -0.396 e. The van der Waals surface area contributed by atoms with Crippen LogP contribution >= 0.6 is 0 Å². The lowest BCUT2D eigenvalue weighted by atomic mass is 9.85. The first-order chi connectivity index (χ1) is 12.2. The Labute approximate surface area is 150 Å². The molecule has 25 heavy (non-hydrogen) atoms. The number of carbonyl (C=O) groups excluding carboxylic acids is 1. The summed E-state index contributed by atoms with van der Waals surface area (Å²) in [6.07, 6.45) is 2.31. The van der Waals surface area contributed by atoms with E-state index in [1.165, 1.54) is 16.7 Å². The number of aliphatic hydroxyl groups excluding tert-OH is 1. The lowest BCUT2D eigenvalue weighted by Crippen LogP contribution is -2.39. The van der Waals surface area contributed by atoms with E-state index in [9.17, 15) is 9.90 Å². The lowest BCUT2D eigenvalue weighted by Gasteiger charge is -2.32. The van der Waals surface area contributed by atoms with Crippen LogP contribution in [-0.2, 0) is 4.79 Å². The Morgan fingerprint density at radius 2 is 1.72 bits per heavy atom. The van der Waals surface area contributed by atoms with Gasteiger partial charge in [-0.25, -0.2) is 0 Å². The van der Waals surface area contributed by atoms with Crippen LogP contribution in [0.5, 0.6) is 0 Å². The highest BCUT2D eigenvalue weighted by atomic mass is 16.3. The summed E-state index contributed by atoms with van der Waals surface area (Å²) in [5.74, 6) is 0.657. The molecule has 1 N–H and O–H groups in total. The predicted octanol–water partition coefficient (Wildman–Crippen LogP) is 3.75. The third-order valence-electron chi connectivity index (χ3n) is 5.37. The largest absolute Gasteiger partial charge is 0.396 e. The van der Waals surface area contributed by atoms with Crippen molar-refractivity contribution in [3.8, 4) is 0 Å². The summed E-state index contributed by atoms with van der Waals surface area (Å²) in [5, 5.41) is 9.29. The first-order valence-electron chi connectivity index (χ1n) is 9.18. The number of piperidine rings is 1. The first-order valence-corrected chi connectivity index (χ1v) is 9.18. The van der Waals surface area contributed by atoms with Crippen molar-refractivity contribution in [3.05, 3.63) is 71.3 Å². The zero-order valence-electron chi connectivity index (χ0n) is 14.9. The van der Waals surface area contributed by atoms with Crippen molar-refractivity contribution in [2.24, 2.45) is 5.92 Å². The molecule has 0 aliphatic carbocycles. The van der Waals surface area contributed by atoms with Crippen molar-refractivity contribution in [1.29, 1.82) is 0 Å². The Balaban J connectivity index is 1.79. The van der Waals surface area contributed by atoms with Gasteiger partial charge in [-0.3, -0.25) is 4.79 Å². The van der Waals surface area contributed by atoms with Crippen LogP contribution < -0.4 is 0 Å². The van der Waals surface area contributed by atoms with E-state index in [4.69, 9.17) is 0 Å². The second kappa shape index (κ2) is 8.30. The zero-order valence-corrected chi connectivity index (χ0v) is 14.9. The smallest absolute Gasteiger partial charge is 0.223 e. The molecule has 2 aromatic carbocycles. The first kappa shape index (κ1) is 17.7. The van der Waals surface area contributed by atoms with Gasteiger partial charge < -0.3 is 10.0 Å². The van der Waals surface area contributed by atoms with Crippen molar-refractivity contribution in [2.45, 2.75) is 32.1 Å². The van der Waals surface area contributed by atoms with Crippen molar-refractivity contribution in [2.75, 3.05) is 19.7 Å². The topological polar surface area (TPSA) is 40.5 Å². The third kappa shape index (κ3) is 4.29. The van der Waals surface area contributed by atoms with Crippen LogP contribution in [0.25, 0.3) is 0 Å². The van der Waals surface area contributed by atoms with Gasteiger partial charge in [0, 0.05) is 32.0 Å². The van der Waals surface area contributed by atoms with Crippen LogP contribution in [0, 0.1) is 12.8 Å². The van der Waals surface area contributed by atoms with Gasteiger partial charge in [0.05, 0.1) is 0 Å². The van der Waals surface area contributed by atoms with Gasteiger partial charge >= 0.3 is 0 Å². The average Bonchev–Trinajstić information content (AvgIpc) is 2.67. The average molecular weight is 337 g/mol. The number of benzene rings is 2. The molecule has 1 saturated heterocycles. The van der Waals surface area contributed by atoms with E-state index >= 15 is 0 Å². The number of amides is 1. The van der Waals surface area contributed by atoms with Gasteiger partial charge in [0.2, 0.25) is 5.91 Å². The summed E-state index contributed by atoms with van der Waals surface area (Å²) in [6.45, 7) is 3.87. The molecule has 0 unspecified atom stereocenters. The number of hydrogen-bond acceptors (Lipinski definition) is 2. The van der Waals surface area contributed by atoms with Crippen LogP contribution in [0.4, 0.5) is 0 Å². The molecule has 132 valence electrons. The van der Waals surface area contributed by atoms with Crippen molar-refractivity contribution in [1.82, 2.24) is 4.90 Å². The number of aliphatic hydroxyl groups is 1. The van der Waals surface area contributed by atoms with E-state index in [0.717, 1.165) is 25.9 Å². The standard InChI is InChI=1S/C22H27NO2/c1-17-7-5-6-10-20(17)21(19-8-3-2-4-9-19)15-22(25)23-13-11-18(16-24)12-14-23/h2-10,18,21,24H,11-16H2,1H3/t21-/m0/s1. The Morgan fingerprint density at radius 3 is 2.36 bits per heavy atom. The van der Waals surface area contributed by atoms with E-state index in [-0.39, 0.29) is 18.4 Å². The molecule has 1 fully saturated rings. The summed E-state index contributed by atoms with van der Waals surface area (Å²) in [5.41, 5.74) is 3.64. The molecule has 3 heteroatoms. The van der Waals surface area contributed by atoms with Crippen molar-refractivity contribution < 1.29 is 9.90 Å². The second-order valence-corrected chi connectivity index (χ2v) is 7.03. The number of aryl methyl sites for hydroxylation is 1. The quantitative estimate of drug-likeness (QED) is 0.903. The normalized spacial score (nSPS) is 16.6. The SMILES string of the molecule is Cc1ccccc1[C@@H](CC(=O)N1CCC(CO)CC1)c1ccccc1. The number of nitrogens with zero attached hydrogens (tertiary/aromatic N) is 1. The molecule has 2 aromatic rings. The van der Waals surface area contributed by atoms with E-state index < -0.39 is 0 Å². The molecule has 1 amide bonds. The monoisotopic (exact) mass is 337 g/mol. The molecule has 3 rings (SSSR count). The molecule has 1 aliphatic rings. The van der Waals surface area contributed by atoms with Crippen LogP contribution in [0.2, 0.25) is 0 Å². The molecule has 1 atom stereocenters. The molecule has 0 bridgehead atoms. The Morgan fingerprint density at radius 1 is 1.08 bits per heavy atom. The Hall–Kier alpha value is -2.13. The maximum atomic E-state index is 12.9. The van der Waals surface area contributed by atoms with E-state index in [1.807, 2.05) is 29.2 Å². The van der Waals surface area contributed by atoms with Gasteiger partial charge in [-0.2, -0.15) is 0 Å². The number of rotatable bonds is 5. The molecule has 0 aromatic heterocycles. The second-order valence-electron chi connectivity index (χ2n) is 7.03. The third-order valence-corrected chi connectivity index (χ3v) is 5.37. The van der Waals surface area contributed by atoms with E-state index in [2.05, 4.69) is 37.3 Å². The summed E-state index contributed by atoms with van der Waals surface area (Å²) >= 11 is 0. The number of carbonyl (C=O) groups is 1. The number of hydrogen-bond donors (Lipinski definition) is 1. The molecule has 3 nitrogen and oxygen atoms in total. The maximum Gasteiger partial charge on any atom is 0.223 e. The van der Waals surface area contributed by atoms with Crippen LogP contribution in [0.1, 0.15) is 41.9 Å². The summed E-state index contributed by atoms with van der Waals surface area (Å²) in [7, 11) is 0. The molecular weight excluding hydrogens is 310 g/mol. The van der Waals surface area contributed by atoms with E-state index in [0.29, 0.717) is 12.3 Å². The van der Waals surface area contributed by atoms with Gasteiger partial charge in [-0.1, -0.05) is 54.6 Å². The summed E-state index contributed by atoms with van der Waals surface area (Å²) in [4.78, 5) is 14.9. The van der Waals surface area contributed by atoms with Gasteiger partial charge in [-0.15, -0.1) is 0 Å². The molecule has 0 radical (unpaired) electrons. The Kier molecular flexibility index (Phi) is 5.87. The highest BCUT2D eigenvalue weighted by Crippen LogP contribution is 2.31. The fourth-order valence-corrected chi connectivity index (χ4v) is 3.74. The highest BCUT2D eigenvalue weighted by molar-refractivity contribution is 5.78. The van der Waals surface area contributed by atoms with Crippen LogP contribution in [-0.4, -0.2) is 35.6 Å². The van der Waals surface area contributed by atoms with Gasteiger partial charge in [0.15, 0.2) is 0 Å². The lowest BCUT2D eigenvalue weighted by molar-refractivity contribution is -0.133. The fourth-order valence-electron chi connectivity index (χ4n) is 3.74. The molecule has 1 heterocycles. The summed E-state index contributed by atoms with van der Waals surface area (Å²) in [6, 6.07) is 18.7. The van der Waals surface area contributed by atoms with Gasteiger partial charge in [0.25, 0.3) is 0 Å². The maximum absolute atomic E-state index is 12.9. The molecular formula is C22H27NO2. The van der Waals surface area contributed by atoms with E-state index in [1.54, 1.807) is 0 Å². The molecule has 1 aliphatic heterocycles. The Bertz CT molecular complexity index is 690. The molecule has 0 spiro atoms. The summed E-state index contributed by atoms with van der Waals surface area (Å²) < 4.78 is 0. The van der Waals surface area contributed by atoms with Crippen molar-refractivity contribution in [3.63, 3.8) is 0 Å². The highest BCUT2D eigenvalue weighted by Gasteiger charge is 2.26. The van der Waals surface area contributed by atoms with Crippen molar-refractivity contribution >= 4 is 5.91 Å². The predicted molar refractivity (Wildman–Crippen MR) is 100 cm³/mol.